The quantitative estimate of drug-likeness (QED) is 0.629. The van der Waals surface area contributed by atoms with Crippen molar-refractivity contribution in [3.63, 3.8) is 0 Å². The van der Waals surface area contributed by atoms with Crippen molar-refractivity contribution in [3.05, 3.63) is 58.7 Å². The third kappa shape index (κ3) is 5.08. The van der Waals surface area contributed by atoms with Crippen molar-refractivity contribution in [3.8, 4) is 11.4 Å². The maximum atomic E-state index is 10.3. The van der Waals surface area contributed by atoms with Gasteiger partial charge in [0.1, 0.15) is 12.4 Å². The van der Waals surface area contributed by atoms with Gasteiger partial charge in [0, 0.05) is 5.75 Å². The largest absolute Gasteiger partial charge is 0.491 e. The maximum absolute atomic E-state index is 10.3. The summed E-state index contributed by atoms with van der Waals surface area (Å²) in [6, 6.07) is 12.2. The molecule has 0 fully saturated rings. The van der Waals surface area contributed by atoms with E-state index in [0.29, 0.717) is 10.9 Å². The number of thioether (sulfide) groups is 1. The van der Waals surface area contributed by atoms with Crippen LogP contribution in [0.4, 0.5) is 0 Å². The van der Waals surface area contributed by atoms with Crippen molar-refractivity contribution in [1.29, 1.82) is 0 Å². The van der Waals surface area contributed by atoms with Gasteiger partial charge in [0.25, 0.3) is 0 Å². The molecule has 3 rings (SSSR count). The van der Waals surface area contributed by atoms with E-state index < -0.39 is 6.10 Å². The minimum absolute atomic E-state index is 0.223. The first-order chi connectivity index (χ1) is 12.9. The molecule has 0 aliphatic rings. The number of aromatic nitrogens is 4. The lowest BCUT2D eigenvalue weighted by Gasteiger charge is -2.13. The molecule has 0 spiro atoms. The smallest absolute Gasteiger partial charge is 0.214 e. The van der Waals surface area contributed by atoms with Crippen LogP contribution in [0.3, 0.4) is 0 Å². The average molecular weight is 385 g/mol. The molecule has 1 aromatic heterocycles. The molecule has 27 heavy (non-hydrogen) atoms. The first kappa shape index (κ1) is 19.4. The van der Waals surface area contributed by atoms with E-state index in [2.05, 4.69) is 33.7 Å². The predicted molar refractivity (Wildman–Crippen MR) is 107 cm³/mol. The number of ether oxygens (including phenoxy) is 1. The van der Waals surface area contributed by atoms with E-state index in [4.69, 9.17) is 4.74 Å². The Bertz CT molecular complexity index is 906. The number of benzene rings is 2. The summed E-state index contributed by atoms with van der Waals surface area (Å²) in [4.78, 5) is 0. The van der Waals surface area contributed by atoms with Crippen molar-refractivity contribution < 1.29 is 9.84 Å². The second-order valence-corrected chi connectivity index (χ2v) is 7.75. The van der Waals surface area contributed by atoms with Crippen LogP contribution in [0.2, 0.25) is 0 Å². The van der Waals surface area contributed by atoms with Crippen LogP contribution in [0.15, 0.2) is 41.6 Å². The lowest BCUT2D eigenvalue weighted by Crippen LogP contribution is -2.20. The molecular formula is C20H24N4O2S. The summed E-state index contributed by atoms with van der Waals surface area (Å²) >= 11 is 1.41. The Kier molecular flexibility index (Phi) is 6.13. The Morgan fingerprint density at radius 3 is 2.52 bits per heavy atom. The van der Waals surface area contributed by atoms with Gasteiger partial charge < -0.3 is 9.84 Å². The summed E-state index contributed by atoms with van der Waals surface area (Å²) in [5.41, 5.74) is 5.46. The third-order valence-electron chi connectivity index (χ3n) is 4.08. The van der Waals surface area contributed by atoms with Gasteiger partial charge in [0.15, 0.2) is 0 Å². The Morgan fingerprint density at radius 1 is 1.04 bits per heavy atom. The summed E-state index contributed by atoms with van der Waals surface area (Å²) < 4.78 is 7.44. The van der Waals surface area contributed by atoms with Gasteiger partial charge in [-0.05, 0) is 78.6 Å². The maximum Gasteiger partial charge on any atom is 0.214 e. The molecule has 1 atom stereocenters. The SMILES string of the molecule is Cc1cc(C)cc(OC[C@H](O)CSc2nnnn2-c2cc(C)ccc2C)c1. The van der Waals surface area contributed by atoms with Crippen LogP contribution in [0.25, 0.3) is 5.69 Å². The number of hydrogen-bond donors (Lipinski definition) is 1. The molecule has 7 heteroatoms. The molecule has 0 aliphatic heterocycles. The molecular weight excluding hydrogens is 360 g/mol. The van der Waals surface area contributed by atoms with E-state index >= 15 is 0 Å². The van der Waals surface area contributed by atoms with Crippen molar-refractivity contribution in [2.24, 2.45) is 0 Å². The Morgan fingerprint density at radius 2 is 1.78 bits per heavy atom. The van der Waals surface area contributed by atoms with Crippen LogP contribution in [-0.4, -0.2) is 43.8 Å². The highest BCUT2D eigenvalue weighted by molar-refractivity contribution is 7.99. The van der Waals surface area contributed by atoms with Crippen molar-refractivity contribution >= 4 is 11.8 Å². The van der Waals surface area contributed by atoms with Gasteiger partial charge in [-0.3, -0.25) is 0 Å². The topological polar surface area (TPSA) is 73.1 Å². The lowest BCUT2D eigenvalue weighted by atomic mass is 10.1. The average Bonchev–Trinajstić information content (AvgIpc) is 3.08. The number of rotatable bonds is 7. The molecule has 0 bridgehead atoms. The minimum Gasteiger partial charge on any atom is -0.491 e. The number of tetrazole rings is 1. The number of nitrogens with zero attached hydrogens (tertiary/aromatic N) is 4. The first-order valence-electron chi connectivity index (χ1n) is 8.80. The summed E-state index contributed by atoms with van der Waals surface area (Å²) in [6.07, 6.45) is -0.625. The second kappa shape index (κ2) is 8.54. The molecule has 0 saturated carbocycles. The third-order valence-corrected chi connectivity index (χ3v) is 5.14. The van der Waals surface area contributed by atoms with E-state index in [1.54, 1.807) is 4.68 Å². The zero-order chi connectivity index (χ0) is 19.4. The standard InChI is InChI=1S/C20H24N4O2S/c1-13-5-6-16(4)19(10-13)24-20(21-22-23-24)27-12-17(25)11-26-18-8-14(2)7-15(3)9-18/h5-10,17,25H,11-12H2,1-4H3/t17-/m0/s1. The Hall–Kier alpha value is -2.38. The molecule has 1 N–H and O–H groups in total. The fraction of sp³-hybridized carbons (Fsp3) is 0.350. The summed E-state index contributed by atoms with van der Waals surface area (Å²) in [5, 5.41) is 22.9. The van der Waals surface area contributed by atoms with Crippen LogP contribution < -0.4 is 4.74 Å². The van der Waals surface area contributed by atoms with Gasteiger partial charge >= 0.3 is 0 Å². The van der Waals surface area contributed by atoms with Crippen LogP contribution in [-0.2, 0) is 0 Å². The van der Waals surface area contributed by atoms with Crippen LogP contribution in [0, 0.1) is 27.7 Å². The molecule has 1 heterocycles. The van der Waals surface area contributed by atoms with Gasteiger partial charge in [-0.15, -0.1) is 5.10 Å². The van der Waals surface area contributed by atoms with Crippen LogP contribution in [0.5, 0.6) is 5.75 Å². The van der Waals surface area contributed by atoms with E-state index in [1.165, 1.54) is 11.8 Å². The van der Waals surface area contributed by atoms with E-state index in [0.717, 1.165) is 33.7 Å². The van der Waals surface area contributed by atoms with Gasteiger partial charge in [-0.25, -0.2) is 0 Å². The molecule has 0 unspecified atom stereocenters. The fourth-order valence-corrected chi connectivity index (χ4v) is 3.58. The van der Waals surface area contributed by atoms with Gasteiger partial charge in [0.05, 0.1) is 11.8 Å². The Balaban J connectivity index is 1.60. The fourth-order valence-electron chi connectivity index (χ4n) is 2.80. The molecule has 142 valence electrons. The zero-order valence-electron chi connectivity index (χ0n) is 16.0. The minimum atomic E-state index is -0.625. The predicted octanol–water partition coefficient (Wildman–Crippen LogP) is 3.43. The van der Waals surface area contributed by atoms with E-state index in [-0.39, 0.29) is 6.61 Å². The highest BCUT2D eigenvalue weighted by atomic mass is 32.2. The summed E-state index contributed by atoms with van der Waals surface area (Å²) in [5.74, 6) is 1.22. The van der Waals surface area contributed by atoms with Gasteiger partial charge in [-0.2, -0.15) is 4.68 Å². The number of hydrogen-bond acceptors (Lipinski definition) is 6. The lowest BCUT2D eigenvalue weighted by molar-refractivity contribution is 0.126. The van der Waals surface area contributed by atoms with Gasteiger partial charge in [-0.1, -0.05) is 30.0 Å². The van der Waals surface area contributed by atoms with Gasteiger partial charge in [0.2, 0.25) is 5.16 Å². The van der Waals surface area contributed by atoms with Crippen molar-refractivity contribution in [2.45, 2.75) is 39.0 Å². The second-order valence-electron chi connectivity index (χ2n) is 6.76. The summed E-state index contributed by atoms with van der Waals surface area (Å²) in [6.45, 7) is 8.34. The number of aliphatic hydroxyl groups is 1. The molecule has 0 aliphatic carbocycles. The number of aryl methyl sites for hydroxylation is 4. The molecule has 6 nitrogen and oxygen atoms in total. The highest BCUT2D eigenvalue weighted by Crippen LogP contribution is 2.22. The summed E-state index contributed by atoms with van der Waals surface area (Å²) in [7, 11) is 0. The van der Waals surface area contributed by atoms with Crippen LogP contribution >= 0.6 is 11.8 Å². The van der Waals surface area contributed by atoms with E-state index in [9.17, 15) is 5.11 Å². The number of aliphatic hydroxyl groups excluding tert-OH is 1. The highest BCUT2D eigenvalue weighted by Gasteiger charge is 2.14. The monoisotopic (exact) mass is 384 g/mol. The first-order valence-corrected chi connectivity index (χ1v) is 9.79. The molecule has 2 aromatic carbocycles. The Labute approximate surface area is 163 Å². The molecule has 3 aromatic rings. The zero-order valence-corrected chi connectivity index (χ0v) is 16.8. The van der Waals surface area contributed by atoms with E-state index in [1.807, 2.05) is 45.9 Å². The van der Waals surface area contributed by atoms with Crippen molar-refractivity contribution in [2.75, 3.05) is 12.4 Å². The molecule has 0 saturated heterocycles. The molecule has 0 amide bonds. The van der Waals surface area contributed by atoms with Crippen LogP contribution in [0.1, 0.15) is 22.3 Å². The molecule has 0 radical (unpaired) electrons. The van der Waals surface area contributed by atoms with Crippen molar-refractivity contribution in [1.82, 2.24) is 20.2 Å². The normalized spacial score (nSPS) is 12.2.